The van der Waals surface area contributed by atoms with Gasteiger partial charge in [-0.25, -0.2) is 19.2 Å². The molecule has 0 atom stereocenters. The highest BCUT2D eigenvalue weighted by molar-refractivity contribution is 7.18. The molecule has 176 valence electrons. The summed E-state index contributed by atoms with van der Waals surface area (Å²) in [6.45, 7) is 2.13. The summed E-state index contributed by atoms with van der Waals surface area (Å²) in [5.74, 6) is 0.551. The first kappa shape index (κ1) is 22.5. The molecule has 0 spiro atoms. The highest BCUT2D eigenvalue weighted by atomic mass is 32.1. The fourth-order valence-electron chi connectivity index (χ4n) is 3.89. The van der Waals surface area contributed by atoms with E-state index in [2.05, 4.69) is 26.3 Å². The van der Waals surface area contributed by atoms with Gasteiger partial charge in [0.25, 0.3) is 0 Å². The van der Waals surface area contributed by atoms with E-state index in [0.29, 0.717) is 60.0 Å². The summed E-state index contributed by atoms with van der Waals surface area (Å²) in [6, 6.07) is 14.9. The topological polar surface area (TPSA) is 124 Å². The Labute approximate surface area is 204 Å². The van der Waals surface area contributed by atoms with E-state index in [1.807, 2.05) is 0 Å². The number of hydrogen-bond donors (Lipinski definition) is 2. The molecular weight excluding hydrogens is 467 g/mol. The maximum atomic E-state index is 13.2. The van der Waals surface area contributed by atoms with Crippen LogP contribution in [0.25, 0.3) is 10.3 Å². The standard InChI is InChI=1S/C24H21FN8OS/c25-17-5-1-15(2-6-17)13-19-29-20-21(30-23(27)31-22(20)35-19)32-9-11-33(12-10-32)24(34)28-18-7-3-16(14-26)4-8-18/h1-8H,9-13H2,(H,28,34)(H2,27,30,31). The average Bonchev–Trinajstić information content (AvgIpc) is 3.27. The predicted molar refractivity (Wildman–Crippen MR) is 133 cm³/mol. The molecule has 35 heavy (non-hydrogen) atoms. The summed E-state index contributed by atoms with van der Waals surface area (Å²) >= 11 is 1.44. The predicted octanol–water partition coefficient (Wildman–Crippen LogP) is 3.62. The van der Waals surface area contributed by atoms with Crippen LogP contribution >= 0.6 is 11.3 Å². The number of benzene rings is 2. The molecule has 5 rings (SSSR count). The molecule has 4 aromatic rings. The minimum absolute atomic E-state index is 0.172. The fraction of sp³-hybridized carbons (Fsp3) is 0.208. The summed E-state index contributed by atoms with van der Waals surface area (Å²) in [5, 5.41) is 12.6. The minimum Gasteiger partial charge on any atom is -0.368 e. The van der Waals surface area contributed by atoms with Gasteiger partial charge in [-0.2, -0.15) is 10.2 Å². The number of aromatic nitrogens is 3. The van der Waals surface area contributed by atoms with Crippen molar-refractivity contribution in [2.24, 2.45) is 0 Å². The maximum Gasteiger partial charge on any atom is 0.321 e. The number of nitrogens with one attached hydrogen (secondary N) is 1. The van der Waals surface area contributed by atoms with Gasteiger partial charge < -0.3 is 20.9 Å². The van der Waals surface area contributed by atoms with Crippen LogP contribution in [0.3, 0.4) is 0 Å². The van der Waals surface area contributed by atoms with Crippen molar-refractivity contribution in [3.63, 3.8) is 0 Å². The molecule has 0 radical (unpaired) electrons. The average molecular weight is 489 g/mol. The third-order valence-electron chi connectivity index (χ3n) is 5.70. The Morgan fingerprint density at radius 1 is 1.06 bits per heavy atom. The summed E-state index contributed by atoms with van der Waals surface area (Å²) < 4.78 is 13.2. The lowest BCUT2D eigenvalue weighted by Gasteiger charge is -2.35. The summed E-state index contributed by atoms with van der Waals surface area (Å²) in [7, 11) is 0. The van der Waals surface area contributed by atoms with Gasteiger partial charge in [0.15, 0.2) is 10.6 Å². The fourth-order valence-corrected chi connectivity index (χ4v) is 4.86. The SMILES string of the molecule is N#Cc1ccc(NC(=O)N2CCN(c3nc(N)nc4sc(Cc5ccc(F)cc5)nc34)CC2)cc1. The first-order chi connectivity index (χ1) is 17.0. The molecule has 1 aliphatic heterocycles. The number of thiazole rings is 1. The lowest BCUT2D eigenvalue weighted by molar-refractivity contribution is 0.208. The molecule has 9 nitrogen and oxygen atoms in total. The molecule has 11 heteroatoms. The number of nitriles is 1. The van der Waals surface area contributed by atoms with E-state index in [9.17, 15) is 9.18 Å². The van der Waals surface area contributed by atoms with Gasteiger partial charge >= 0.3 is 6.03 Å². The number of carbonyl (C=O) groups excluding carboxylic acids is 1. The van der Waals surface area contributed by atoms with Gasteiger partial charge in [-0.15, -0.1) is 0 Å². The van der Waals surface area contributed by atoms with E-state index in [4.69, 9.17) is 16.0 Å². The molecule has 2 aromatic carbocycles. The van der Waals surface area contributed by atoms with Crippen molar-refractivity contribution in [2.45, 2.75) is 6.42 Å². The third-order valence-corrected chi connectivity index (χ3v) is 6.65. The van der Waals surface area contributed by atoms with E-state index in [1.165, 1.54) is 23.5 Å². The van der Waals surface area contributed by atoms with Gasteiger partial charge in [-0.3, -0.25) is 0 Å². The molecule has 3 heterocycles. The van der Waals surface area contributed by atoms with E-state index in [0.717, 1.165) is 10.6 Å². The number of rotatable bonds is 4. The summed E-state index contributed by atoms with van der Waals surface area (Å²) in [6.07, 6.45) is 0.559. The van der Waals surface area contributed by atoms with Gasteiger partial charge in [-0.1, -0.05) is 23.5 Å². The van der Waals surface area contributed by atoms with Crippen LogP contribution in [0.4, 0.5) is 26.6 Å². The van der Waals surface area contributed by atoms with Gasteiger partial charge in [0.2, 0.25) is 5.95 Å². The van der Waals surface area contributed by atoms with Crippen LogP contribution in [-0.2, 0) is 6.42 Å². The number of amides is 2. The third kappa shape index (κ3) is 4.97. The number of nitrogen functional groups attached to an aromatic ring is 1. The smallest absolute Gasteiger partial charge is 0.321 e. The Kier molecular flexibility index (Phi) is 6.12. The van der Waals surface area contributed by atoms with Crippen LogP contribution in [0.1, 0.15) is 16.1 Å². The van der Waals surface area contributed by atoms with Crippen molar-refractivity contribution in [3.05, 3.63) is 70.5 Å². The Balaban J connectivity index is 1.28. The number of halogens is 1. The van der Waals surface area contributed by atoms with Gasteiger partial charge in [-0.05, 0) is 42.0 Å². The van der Waals surface area contributed by atoms with Gasteiger partial charge in [0.1, 0.15) is 11.3 Å². The summed E-state index contributed by atoms with van der Waals surface area (Å²) in [5.41, 5.74) is 8.79. The van der Waals surface area contributed by atoms with Crippen molar-refractivity contribution in [1.82, 2.24) is 19.9 Å². The zero-order chi connectivity index (χ0) is 24.4. The second kappa shape index (κ2) is 9.52. The first-order valence-electron chi connectivity index (χ1n) is 11.0. The summed E-state index contributed by atoms with van der Waals surface area (Å²) in [4.78, 5) is 30.7. The Morgan fingerprint density at radius 3 is 2.46 bits per heavy atom. The number of nitrogens with zero attached hydrogens (tertiary/aromatic N) is 6. The van der Waals surface area contributed by atoms with E-state index in [1.54, 1.807) is 41.3 Å². The second-order valence-corrected chi connectivity index (χ2v) is 9.13. The number of piperazine rings is 1. The first-order valence-corrected chi connectivity index (χ1v) is 11.8. The van der Waals surface area contributed by atoms with Crippen molar-refractivity contribution < 1.29 is 9.18 Å². The number of carbonyl (C=O) groups is 1. The number of anilines is 3. The van der Waals surface area contributed by atoms with E-state index >= 15 is 0 Å². The quantitative estimate of drug-likeness (QED) is 0.450. The van der Waals surface area contributed by atoms with Crippen LogP contribution in [-0.4, -0.2) is 52.1 Å². The number of fused-ring (bicyclic) bond motifs is 1. The molecule has 1 saturated heterocycles. The largest absolute Gasteiger partial charge is 0.368 e. The van der Waals surface area contributed by atoms with Crippen LogP contribution in [0, 0.1) is 17.1 Å². The molecule has 1 aliphatic rings. The van der Waals surface area contributed by atoms with Crippen LogP contribution in [0.5, 0.6) is 0 Å². The molecule has 0 bridgehead atoms. The Hall–Kier alpha value is -4.30. The lowest BCUT2D eigenvalue weighted by Crippen LogP contribution is -2.50. The van der Waals surface area contributed by atoms with Crippen molar-refractivity contribution in [1.29, 1.82) is 5.26 Å². The monoisotopic (exact) mass is 488 g/mol. The van der Waals surface area contributed by atoms with Crippen molar-refractivity contribution in [2.75, 3.05) is 42.1 Å². The van der Waals surface area contributed by atoms with E-state index < -0.39 is 0 Å². The lowest BCUT2D eigenvalue weighted by atomic mass is 10.1. The molecule has 0 aliphatic carbocycles. The zero-order valence-corrected chi connectivity index (χ0v) is 19.4. The van der Waals surface area contributed by atoms with Crippen LogP contribution in [0.2, 0.25) is 0 Å². The molecular formula is C24H21FN8OS. The number of hydrogen-bond acceptors (Lipinski definition) is 8. The van der Waals surface area contributed by atoms with Crippen LogP contribution in [0.15, 0.2) is 48.5 Å². The highest BCUT2D eigenvalue weighted by Crippen LogP contribution is 2.30. The Morgan fingerprint density at radius 2 is 1.77 bits per heavy atom. The van der Waals surface area contributed by atoms with Crippen molar-refractivity contribution in [3.8, 4) is 6.07 Å². The second-order valence-electron chi connectivity index (χ2n) is 8.06. The minimum atomic E-state index is -0.274. The number of urea groups is 1. The van der Waals surface area contributed by atoms with Gasteiger partial charge in [0.05, 0.1) is 16.6 Å². The highest BCUT2D eigenvalue weighted by Gasteiger charge is 2.25. The molecule has 0 saturated carbocycles. The van der Waals surface area contributed by atoms with Crippen LogP contribution < -0.4 is 16.0 Å². The van der Waals surface area contributed by atoms with Gasteiger partial charge in [0, 0.05) is 38.3 Å². The van der Waals surface area contributed by atoms with E-state index in [-0.39, 0.29) is 17.8 Å². The molecule has 0 unspecified atom stereocenters. The maximum absolute atomic E-state index is 13.2. The molecule has 2 aromatic heterocycles. The number of nitrogens with two attached hydrogens (primary N) is 1. The zero-order valence-electron chi connectivity index (χ0n) is 18.6. The molecule has 2 amide bonds. The Bertz CT molecular complexity index is 1410. The normalized spacial score (nSPS) is 13.6. The molecule has 1 fully saturated rings. The molecule has 3 N–H and O–H groups in total. The van der Waals surface area contributed by atoms with Crippen molar-refractivity contribution >= 4 is 45.2 Å².